The Balaban J connectivity index is 1.85. The molecule has 2 aromatic heterocycles. The number of rotatable bonds is 3. The van der Waals surface area contributed by atoms with E-state index in [1.165, 1.54) is 23.9 Å². The number of carbonyl (C=O) groups excluding carboxylic acids is 1. The number of aromatic nitrogens is 2. The molecule has 7 heteroatoms. The molecule has 1 saturated heterocycles. The van der Waals surface area contributed by atoms with Crippen molar-refractivity contribution in [3.63, 3.8) is 0 Å². The van der Waals surface area contributed by atoms with Crippen LogP contribution in [-0.4, -0.2) is 26.5 Å². The molecule has 0 radical (unpaired) electrons. The summed E-state index contributed by atoms with van der Waals surface area (Å²) in [5.74, 6) is 0.636. The van der Waals surface area contributed by atoms with Gasteiger partial charge in [-0.1, -0.05) is 12.8 Å². The van der Waals surface area contributed by atoms with Crippen LogP contribution in [0.15, 0.2) is 44.7 Å². The Bertz CT molecular complexity index is 819. The Hall–Kier alpha value is -2.57. The van der Waals surface area contributed by atoms with E-state index in [1.54, 1.807) is 11.2 Å². The molecular formula is C17H21N3O4. The molecule has 0 N–H and O–H groups in total. The van der Waals surface area contributed by atoms with Crippen LogP contribution in [0.1, 0.15) is 37.5 Å². The highest BCUT2D eigenvalue weighted by atomic mass is 16.3. The molecule has 1 aliphatic heterocycles. The van der Waals surface area contributed by atoms with Gasteiger partial charge in [-0.15, -0.1) is 0 Å². The molecule has 1 aliphatic rings. The third kappa shape index (κ3) is 3.20. The van der Waals surface area contributed by atoms with Crippen molar-refractivity contribution in [3.8, 4) is 0 Å². The van der Waals surface area contributed by atoms with Crippen molar-refractivity contribution in [3.05, 3.63) is 57.3 Å². The van der Waals surface area contributed by atoms with Gasteiger partial charge in [0.15, 0.2) is 0 Å². The lowest BCUT2D eigenvalue weighted by Gasteiger charge is -2.29. The van der Waals surface area contributed by atoms with Crippen LogP contribution in [0, 0.1) is 0 Å². The van der Waals surface area contributed by atoms with Crippen molar-refractivity contribution in [2.24, 2.45) is 7.05 Å². The van der Waals surface area contributed by atoms with Gasteiger partial charge in [0, 0.05) is 25.9 Å². The number of furan rings is 1. The normalized spacial score (nSPS) is 18.4. The molecular weight excluding hydrogens is 310 g/mol. The van der Waals surface area contributed by atoms with Gasteiger partial charge in [0.05, 0.1) is 12.3 Å². The van der Waals surface area contributed by atoms with Gasteiger partial charge in [-0.05, 0) is 25.0 Å². The van der Waals surface area contributed by atoms with Crippen LogP contribution in [0.25, 0.3) is 0 Å². The topological polar surface area (TPSA) is 77.5 Å². The van der Waals surface area contributed by atoms with E-state index in [2.05, 4.69) is 0 Å². The van der Waals surface area contributed by atoms with Crippen molar-refractivity contribution in [2.75, 3.05) is 6.54 Å². The lowest BCUT2D eigenvalue weighted by molar-refractivity contribution is -0.134. The molecule has 3 heterocycles. The summed E-state index contributed by atoms with van der Waals surface area (Å²) < 4.78 is 7.78. The molecule has 7 nitrogen and oxygen atoms in total. The molecule has 1 amide bonds. The SMILES string of the molecule is Cn1c(=O)ccn(CC(=O)N2CCCCCC2c2ccco2)c1=O. The van der Waals surface area contributed by atoms with Gasteiger partial charge in [0.2, 0.25) is 5.91 Å². The van der Waals surface area contributed by atoms with Crippen LogP contribution in [0.4, 0.5) is 0 Å². The fourth-order valence-electron chi connectivity index (χ4n) is 3.16. The largest absolute Gasteiger partial charge is 0.467 e. The van der Waals surface area contributed by atoms with E-state index in [4.69, 9.17) is 4.42 Å². The maximum absolute atomic E-state index is 12.8. The van der Waals surface area contributed by atoms with Crippen LogP contribution in [0.5, 0.6) is 0 Å². The number of nitrogens with zero attached hydrogens (tertiary/aromatic N) is 3. The van der Waals surface area contributed by atoms with Gasteiger partial charge < -0.3 is 9.32 Å². The van der Waals surface area contributed by atoms with Gasteiger partial charge in [-0.3, -0.25) is 18.7 Å². The predicted octanol–water partition coefficient (Wildman–Crippen LogP) is 1.28. The van der Waals surface area contributed by atoms with Gasteiger partial charge in [0.1, 0.15) is 12.3 Å². The van der Waals surface area contributed by atoms with Crippen molar-refractivity contribution < 1.29 is 9.21 Å². The summed E-state index contributed by atoms with van der Waals surface area (Å²) in [7, 11) is 1.41. The Labute approximate surface area is 139 Å². The molecule has 1 unspecified atom stereocenters. The fraction of sp³-hybridized carbons (Fsp3) is 0.471. The molecule has 0 spiro atoms. The van der Waals surface area contributed by atoms with E-state index in [9.17, 15) is 14.4 Å². The highest BCUT2D eigenvalue weighted by molar-refractivity contribution is 5.76. The number of hydrogen-bond acceptors (Lipinski definition) is 4. The maximum Gasteiger partial charge on any atom is 0.331 e. The monoisotopic (exact) mass is 331 g/mol. The lowest BCUT2D eigenvalue weighted by Crippen LogP contribution is -2.42. The lowest BCUT2D eigenvalue weighted by atomic mass is 10.1. The summed E-state index contributed by atoms with van der Waals surface area (Å²) in [6, 6.07) is 4.90. The van der Waals surface area contributed by atoms with Crippen molar-refractivity contribution in [1.82, 2.24) is 14.0 Å². The zero-order chi connectivity index (χ0) is 17.1. The molecule has 1 fully saturated rings. The standard InChI is InChI=1S/C17H21N3O4/c1-18-15(21)8-10-19(17(18)23)12-16(22)20-9-4-2-3-6-13(20)14-7-5-11-24-14/h5,7-8,10-11,13H,2-4,6,9,12H2,1H3. The molecule has 24 heavy (non-hydrogen) atoms. The second-order valence-corrected chi connectivity index (χ2v) is 6.09. The zero-order valence-electron chi connectivity index (χ0n) is 13.7. The van der Waals surface area contributed by atoms with Crippen molar-refractivity contribution >= 4 is 5.91 Å². The third-order valence-electron chi connectivity index (χ3n) is 4.51. The molecule has 2 aromatic rings. The summed E-state index contributed by atoms with van der Waals surface area (Å²) >= 11 is 0. The number of amides is 1. The van der Waals surface area contributed by atoms with Crippen molar-refractivity contribution in [2.45, 2.75) is 38.3 Å². The molecule has 0 saturated carbocycles. The van der Waals surface area contributed by atoms with Gasteiger partial charge in [-0.2, -0.15) is 0 Å². The van der Waals surface area contributed by atoms with Crippen LogP contribution in [0.2, 0.25) is 0 Å². The first-order chi connectivity index (χ1) is 11.6. The zero-order valence-corrected chi connectivity index (χ0v) is 13.7. The average Bonchev–Trinajstić information content (AvgIpc) is 2.99. The second-order valence-electron chi connectivity index (χ2n) is 6.09. The van der Waals surface area contributed by atoms with Gasteiger partial charge in [-0.25, -0.2) is 4.79 Å². The first kappa shape index (κ1) is 16.3. The fourth-order valence-corrected chi connectivity index (χ4v) is 3.16. The Kier molecular flexibility index (Phi) is 4.69. The number of likely N-dealkylation sites (tertiary alicyclic amines) is 1. The minimum atomic E-state index is -0.486. The first-order valence-corrected chi connectivity index (χ1v) is 8.17. The highest BCUT2D eigenvalue weighted by Gasteiger charge is 2.28. The molecule has 128 valence electrons. The first-order valence-electron chi connectivity index (χ1n) is 8.17. The molecule has 0 aromatic carbocycles. The summed E-state index contributed by atoms with van der Waals surface area (Å²) in [6.45, 7) is 0.564. The highest BCUT2D eigenvalue weighted by Crippen LogP contribution is 2.30. The third-order valence-corrected chi connectivity index (χ3v) is 4.51. The molecule has 3 rings (SSSR count). The maximum atomic E-state index is 12.8. The van der Waals surface area contributed by atoms with Gasteiger partial charge >= 0.3 is 5.69 Å². The van der Waals surface area contributed by atoms with E-state index in [0.717, 1.165) is 36.0 Å². The van der Waals surface area contributed by atoms with Gasteiger partial charge in [0.25, 0.3) is 5.56 Å². The summed E-state index contributed by atoms with van der Waals surface area (Å²) in [6.07, 6.45) is 6.88. The minimum absolute atomic E-state index is 0.0792. The predicted molar refractivity (Wildman–Crippen MR) is 87.6 cm³/mol. The minimum Gasteiger partial charge on any atom is -0.467 e. The van der Waals surface area contributed by atoms with E-state index < -0.39 is 5.69 Å². The molecule has 0 aliphatic carbocycles. The van der Waals surface area contributed by atoms with Crippen molar-refractivity contribution in [1.29, 1.82) is 0 Å². The van der Waals surface area contributed by atoms with Crippen LogP contribution in [0.3, 0.4) is 0 Å². The van der Waals surface area contributed by atoms with E-state index in [1.807, 2.05) is 12.1 Å². The van der Waals surface area contributed by atoms with Crippen LogP contribution < -0.4 is 11.2 Å². The quantitative estimate of drug-likeness (QED) is 0.849. The van der Waals surface area contributed by atoms with E-state index >= 15 is 0 Å². The summed E-state index contributed by atoms with van der Waals surface area (Å²) in [4.78, 5) is 38.2. The average molecular weight is 331 g/mol. The Morgan fingerprint density at radius 3 is 2.83 bits per heavy atom. The smallest absolute Gasteiger partial charge is 0.331 e. The summed E-state index contributed by atoms with van der Waals surface area (Å²) in [5, 5.41) is 0. The van der Waals surface area contributed by atoms with Crippen LogP contribution in [-0.2, 0) is 18.4 Å². The number of hydrogen-bond donors (Lipinski definition) is 0. The van der Waals surface area contributed by atoms with E-state index in [-0.39, 0.29) is 24.1 Å². The van der Waals surface area contributed by atoms with E-state index in [0.29, 0.717) is 6.54 Å². The van der Waals surface area contributed by atoms with Crippen LogP contribution >= 0.6 is 0 Å². The Morgan fingerprint density at radius 1 is 1.25 bits per heavy atom. The summed E-state index contributed by atoms with van der Waals surface area (Å²) in [5.41, 5.74) is -0.868. The molecule has 0 bridgehead atoms. The second kappa shape index (κ2) is 6.90. The molecule has 1 atom stereocenters. The Morgan fingerprint density at radius 2 is 2.08 bits per heavy atom. The number of carbonyl (C=O) groups is 1.